The SMILES string of the molecule is C[C@@]1(c2ccccc2)NC(=O)N(CC(=O)OCC(=O)NC(=O)NC2CC2)C1=O. The van der Waals surface area contributed by atoms with Crippen LogP contribution in [0.4, 0.5) is 9.59 Å². The molecule has 2 aliphatic rings. The van der Waals surface area contributed by atoms with Crippen LogP contribution in [0.25, 0.3) is 0 Å². The highest BCUT2D eigenvalue weighted by Crippen LogP contribution is 2.28. The number of hydrogen-bond acceptors (Lipinski definition) is 6. The summed E-state index contributed by atoms with van der Waals surface area (Å²) in [6.45, 7) is 0.199. The normalized spacial score (nSPS) is 21.1. The van der Waals surface area contributed by atoms with Gasteiger partial charge in [-0.05, 0) is 25.3 Å². The number of esters is 1. The maximum absolute atomic E-state index is 12.7. The number of carbonyl (C=O) groups is 5. The molecule has 1 aliphatic heterocycles. The summed E-state index contributed by atoms with van der Waals surface area (Å²) in [6.07, 6.45) is 1.73. The highest BCUT2D eigenvalue weighted by molar-refractivity contribution is 6.09. The Labute approximate surface area is 160 Å². The maximum atomic E-state index is 12.7. The van der Waals surface area contributed by atoms with Crippen molar-refractivity contribution in [3.8, 4) is 0 Å². The monoisotopic (exact) mass is 388 g/mol. The Balaban J connectivity index is 1.51. The number of imide groups is 2. The van der Waals surface area contributed by atoms with Crippen LogP contribution in [0, 0.1) is 0 Å². The second kappa shape index (κ2) is 7.67. The van der Waals surface area contributed by atoms with E-state index in [0.717, 1.165) is 17.7 Å². The van der Waals surface area contributed by atoms with E-state index in [-0.39, 0.29) is 6.04 Å². The molecule has 1 aromatic carbocycles. The van der Waals surface area contributed by atoms with Gasteiger partial charge in [0.05, 0.1) is 0 Å². The van der Waals surface area contributed by atoms with Crippen molar-refractivity contribution in [1.29, 1.82) is 0 Å². The van der Waals surface area contributed by atoms with Crippen molar-refractivity contribution in [3.63, 3.8) is 0 Å². The lowest BCUT2D eigenvalue weighted by Gasteiger charge is -2.21. The zero-order valence-electron chi connectivity index (χ0n) is 15.2. The minimum absolute atomic E-state index is 0.0777. The van der Waals surface area contributed by atoms with Gasteiger partial charge in [-0.1, -0.05) is 30.3 Å². The zero-order chi connectivity index (χ0) is 20.3. The molecule has 148 valence electrons. The van der Waals surface area contributed by atoms with Crippen LogP contribution < -0.4 is 16.0 Å². The van der Waals surface area contributed by atoms with Gasteiger partial charge in [0, 0.05) is 6.04 Å². The third-order valence-electron chi connectivity index (χ3n) is 4.44. The van der Waals surface area contributed by atoms with E-state index in [9.17, 15) is 24.0 Å². The molecule has 0 unspecified atom stereocenters. The third kappa shape index (κ3) is 4.27. The molecule has 1 saturated carbocycles. The number of urea groups is 2. The van der Waals surface area contributed by atoms with Gasteiger partial charge in [-0.3, -0.25) is 24.6 Å². The number of benzene rings is 1. The van der Waals surface area contributed by atoms with Gasteiger partial charge < -0.3 is 15.4 Å². The summed E-state index contributed by atoms with van der Waals surface area (Å²) < 4.78 is 4.75. The first-order valence-electron chi connectivity index (χ1n) is 8.75. The smallest absolute Gasteiger partial charge is 0.326 e. The van der Waals surface area contributed by atoms with E-state index in [1.807, 2.05) is 5.32 Å². The zero-order valence-corrected chi connectivity index (χ0v) is 15.2. The highest BCUT2D eigenvalue weighted by atomic mass is 16.5. The first kappa shape index (κ1) is 19.3. The molecule has 1 saturated heterocycles. The number of amides is 6. The maximum Gasteiger partial charge on any atom is 0.326 e. The Morgan fingerprint density at radius 1 is 1.21 bits per heavy atom. The summed E-state index contributed by atoms with van der Waals surface area (Å²) in [5.74, 6) is -2.36. The van der Waals surface area contributed by atoms with Crippen molar-refractivity contribution in [2.24, 2.45) is 0 Å². The lowest BCUT2D eigenvalue weighted by atomic mass is 9.92. The number of hydrogen-bond donors (Lipinski definition) is 3. The first-order valence-corrected chi connectivity index (χ1v) is 8.75. The van der Waals surface area contributed by atoms with Crippen molar-refractivity contribution < 1.29 is 28.7 Å². The Kier molecular flexibility index (Phi) is 5.30. The van der Waals surface area contributed by atoms with E-state index in [4.69, 9.17) is 4.74 Å². The number of nitrogens with zero attached hydrogens (tertiary/aromatic N) is 1. The number of ether oxygens (including phenoxy) is 1. The second-order valence-electron chi connectivity index (χ2n) is 6.77. The highest BCUT2D eigenvalue weighted by Gasteiger charge is 2.49. The second-order valence-corrected chi connectivity index (χ2v) is 6.77. The van der Waals surface area contributed by atoms with E-state index < -0.39 is 48.5 Å². The fourth-order valence-corrected chi connectivity index (χ4v) is 2.74. The molecule has 0 spiro atoms. The Morgan fingerprint density at radius 2 is 1.89 bits per heavy atom. The molecule has 3 rings (SSSR count). The number of nitrogens with one attached hydrogen (secondary N) is 3. The predicted molar refractivity (Wildman–Crippen MR) is 94.7 cm³/mol. The summed E-state index contributed by atoms with van der Waals surface area (Å²) >= 11 is 0. The van der Waals surface area contributed by atoms with Crippen LogP contribution in [0.1, 0.15) is 25.3 Å². The number of carbonyl (C=O) groups excluding carboxylic acids is 5. The fourth-order valence-electron chi connectivity index (χ4n) is 2.74. The summed E-state index contributed by atoms with van der Waals surface area (Å²) in [5.41, 5.74) is -0.720. The molecule has 2 fully saturated rings. The lowest BCUT2D eigenvalue weighted by Crippen LogP contribution is -2.43. The fraction of sp³-hybridized carbons (Fsp3) is 0.389. The van der Waals surface area contributed by atoms with Crippen LogP contribution in [0.3, 0.4) is 0 Å². The summed E-state index contributed by atoms with van der Waals surface area (Å²) in [7, 11) is 0. The summed E-state index contributed by atoms with van der Waals surface area (Å²) in [4.78, 5) is 60.5. The van der Waals surface area contributed by atoms with Gasteiger partial charge in [0.25, 0.3) is 11.8 Å². The molecule has 28 heavy (non-hydrogen) atoms. The molecule has 10 nitrogen and oxygen atoms in total. The van der Waals surface area contributed by atoms with Gasteiger partial charge in [0.15, 0.2) is 6.61 Å². The van der Waals surface area contributed by atoms with Crippen molar-refractivity contribution in [3.05, 3.63) is 35.9 Å². The lowest BCUT2D eigenvalue weighted by molar-refractivity contribution is -0.150. The topological polar surface area (TPSA) is 134 Å². The molecule has 1 heterocycles. The van der Waals surface area contributed by atoms with E-state index in [2.05, 4.69) is 10.6 Å². The summed E-state index contributed by atoms with van der Waals surface area (Å²) in [5, 5.41) is 7.14. The van der Waals surface area contributed by atoms with Gasteiger partial charge in [-0.25, -0.2) is 9.59 Å². The minimum atomic E-state index is -1.29. The average molecular weight is 388 g/mol. The van der Waals surface area contributed by atoms with E-state index in [1.54, 1.807) is 37.3 Å². The van der Waals surface area contributed by atoms with Crippen LogP contribution >= 0.6 is 0 Å². The minimum Gasteiger partial charge on any atom is -0.454 e. The molecule has 1 aromatic rings. The van der Waals surface area contributed by atoms with E-state index in [0.29, 0.717) is 5.56 Å². The van der Waals surface area contributed by atoms with Crippen LogP contribution in [0.2, 0.25) is 0 Å². The van der Waals surface area contributed by atoms with Crippen LogP contribution in [0.5, 0.6) is 0 Å². The summed E-state index contributed by atoms with van der Waals surface area (Å²) in [6, 6.07) is 7.31. The van der Waals surface area contributed by atoms with Gasteiger partial charge in [-0.2, -0.15) is 0 Å². The molecule has 10 heteroatoms. The standard InChI is InChI=1S/C18H20N4O6/c1-18(11-5-3-2-4-6-11)15(25)22(17(27)21-18)9-14(24)28-10-13(23)20-16(26)19-12-7-8-12/h2-6,12H,7-10H2,1H3,(H,21,27)(H2,19,20,23,26)/t18-/m0/s1. The van der Waals surface area contributed by atoms with Crippen molar-refractivity contribution in [2.75, 3.05) is 13.2 Å². The predicted octanol–water partition coefficient (Wildman–Crippen LogP) is -0.0150. The van der Waals surface area contributed by atoms with Crippen LogP contribution in [-0.4, -0.2) is 53.9 Å². The Morgan fingerprint density at radius 3 is 2.54 bits per heavy atom. The molecule has 3 N–H and O–H groups in total. The Hall–Kier alpha value is -3.43. The van der Waals surface area contributed by atoms with Crippen LogP contribution in [-0.2, 0) is 24.7 Å². The van der Waals surface area contributed by atoms with Crippen molar-refractivity contribution >= 4 is 29.8 Å². The van der Waals surface area contributed by atoms with E-state index >= 15 is 0 Å². The quantitative estimate of drug-likeness (QED) is 0.463. The van der Waals surface area contributed by atoms with Gasteiger partial charge in [-0.15, -0.1) is 0 Å². The number of rotatable bonds is 6. The third-order valence-corrected chi connectivity index (χ3v) is 4.44. The van der Waals surface area contributed by atoms with Crippen LogP contribution in [0.15, 0.2) is 30.3 Å². The van der Waals surface area contributed by atoms with Gasteiger partial charge in [0.2, 0.25) is 0 Å². The molecule has 1 aliphatic carbocycles. The largest absolute Gasteiger partial charge is 0.454 e. The van der Waals surface area contributed by atoms with Gasteiger partial charge in [0.1, 0.15) is 12.1 Å². The molecule has 1 atom stereocenters. The van der Waals surface area contributed by atoms with Crippen molar-refractivity contribution in [2.45, 2.75) is 31.3 Å². The Bertz CT molecular complexity index is 823. The molecule has 0 bridgehead atoms. The molecular weight excluding hydrogens is 368 g/mol. The molecule has 0 radical (unpaired) electrons. The first-order chi connectivity index (χ1) is 13.3. The average Bonchev–Trinajstić information content (AvgIpc) is 3.44. The molecule has 0 aromatic heterocycles. The van der Waals surface area contributed by atoms with E-state index in [1.165, 1.54) is 0 Å². The van der Waals surface area contributed by atoms with Gasteiger partial charge >= 0.3 is 18.0 Å². The molecular formula is C18H20N4O6. The van der Waals surface area contributed by atoms with Crippen molar-refractivity contribution in [1.82, 2.24) is 20.9 Å². The molecule has 6 amide bonds.